The van der Waals surface area contributed by atoms with Crippen LogP contribution in [0.5, 0.6) is 0 Å². The first-order chi connectivity index (χ1) is 11.7. The van der Waals surface area contributed by atoms with Crippen molar-refractivity contribution >= 4 is 17.2 Å². The van der Waals surface area contributed by atoms with Gasteiger partial charge >= 0.3 is 0 Å². The van der Waals surface area contributed by atoms with Crippen molar-refractivity contribution in [2.24, 2.45) is 0 Å². The van der Waals surface area contributed by atoms with Crippen LogP contribution in [-0.2, 0) is 12.8 Å². The van der Waals surface area contributed by atoms with Crippen molar-refractivity contribution in [1.29, 1.82) is 0 Å². The molecule has 24 heavy (non-hydrogen) atoms. The van der Waals surface area contributed by atoms with Crippen LogP contribution in [0.25, 0.3) is 5.69 Å². The number of fused-ring (bicyclic) bond motifs is 1. The molecule has 0 aliphatic carbocycles. The maximum atomic E-state index is 5.04. The largest absolute Gasteiger partial charge is 0.370 e. The van der Waals surface area contributed by atoms with Crippen molar-refractivity contribution in [2.75, 3.05) is 11.9 Å². The molecule has 4 rings (SSSR count). The number of hydrogen-bond donors (Lipinski definition) is 1. The fourth-order valence-electron chi connectivity index (χ4n) is 3.43. The highest BCUT2D eigenvalue weighted by atomic mass is 32.1. The highest BCUT2D eigenvalue weighted by Crippen LogP contribution is 2.31. The lowest BCUT2D eigenvalue weighted by atomic mass is 10.1. The summed E-state index contributed by atoms with van der Waals surface area (Å²) < 4.78 is 2.14. The minimum absolute atomic E-state index is 0.930. The van der Waals surface area contributed by atoms with E-state index in [9.17, 15) is 0 Å². The van der Waals surface area contributed by atoms with Gasteiger partial charge in [0.05, 0.1) is 11.4 Å². The lowest BCUT2D eigenvalue weighted by Gasteiger charge is -2.13. The molecule has 0 atom stereocenters. The zero-order valence-corrected chi connectivity index (χ0v) is 15.1. The SMILES string of the molecule is Cc1cccc(-n2nc(Cc3cccs3)c3c2NCCCC3)c1C. The van der Waals surface area contributed by atoms with E-state index in [4.69, 9.17) is 5.10 Å². The predicted octanol–water partition coefficient (Wildman–Crippen LogP) is 4.89. The molecule has 2 aromatic heterocycles. The summed E-state index contributed by atoms with van der Waals surface area (Å²) in [5, 5.41) is 10.8. The molecule has 1 N–H and O–H groups in total. The van der Waals surface area contributed by atoms with Gasteiger partial charge in [-0.3, -0.25) is 0 Å². The molecule has 1 aliphatic rings. The number of thiophene rings is 1. The van der Waals surface area contributed by atoms with E-state index in [0.29, 0.717) is 0 Å². The maximum absolute atomic E-state index is 5.04. The lowest BCUT2D eigenvalue weighted by molar-refractivity contribution is 0.767. The Morgan fingerprint density at radius 2 is 2.08 bits per heavy atom. The monoisotopic (exact) mass is 337 g/mol. The Bertz CT molecular complexity index is 846. The van der Waals surface area contributed by atoms with E-state index in [0.717, 1.165) is 19.4 Å². The summed E-state index contributed by atoms with van der Waals surface area (Å²) in [5.74, 6) is 1.20. The van der Waals surface area contributed by atoms with Gasteiger partial charge in [-0.2, -0.15) is 5.10 Å². The number of nitrogens with zero attached hydrogens (tertiary/aromatic N) is 2. The summed E-state index contributed by atoms with van der Waals surface area (Å²) in [5.41, 5.74) is 6.43. The number of anilines is 1. The molecular weight excluding hydrogens is 314 g/mol. The van der Waals surface area contributed by atoms with E-state index in [2.05, 4.69) is 59.6 Å². The highest BCUT2D eigenvalue weighted by molar-refractivity contribution is 7.09. The van der Waals surface area contributed by atoms with Gasteiger partial charge in [0.1, 0.15) is 5.82 Å². The fraction of sp³-hybridized carbons (Fsp3) is 0.350. The van der Waals surface area contributed by atoms with E-state index in [-0.39, 0.29) is 0 Å². The molecule has 0 amide bonds. The van der Waals surface area contributed by atoms with Gasteiger partial charge < -0.3 is 5.32 Å². The Morgan fingerprint density at radius 3 is 2.92 bits per heavy atom. The molecule has 0 bridgehead atoms. The molecule has 0 saturated carbocycles. The van der Waals surface area contributed by atoms with Crippen LogP contribution in [0.3, 0.4) is 0 Å². The second-order valence-corrected chi connectivity index (χ2v) is 7.58. The molecule has 3 nitrogen and oxygen atoms in total. The average molecular weight is 337 g/mol. The minimum atomic E-state index is 0.930. The van der Waals surface area contributed by atoms with Gasteiger partial charge in [-0.15, -0.1) is 11.3 Å². The third-order valence-electron chi connectivity index (χ3n) is 4.94. The summed E-state index contributed by atoms with van der Waals surface area (Å²) in [6.45, 7) is 5.39. The summed E-state index contributed by atoms with van der Waals surface area (Å²) in [6, 6.07) is 10.8. The van der Waals surface area contributed by atoms with Gasteiger partial charge in [0.15, 0.2) is 0 Å². The highest BCUT2D eigenvalue weighted by Gasteiger charge is 2.21. The van der Waals surface area contributed by atoms with Crippen molar-refractivity contribution in [3.8, 4) is 5.69 Å². The van der Waals surface area contributed by atoms with Gasteiger partial charge in [-0.1, -0.05) is 18.2 Å². The van der Waals surface area contributed by atoms with Crippen molar-refractivity contribution in [2.45, 2.75) is 39.5 Å². The van der Waals surface area contributed by atoms with Gasteiger partial charge in [-0.05, 0) is 61.7 Å². The molecule has 3 aromatic rings. The standard InChI is InChI=1S/C20H23N3S/c1-14-7-5-10-19(15(14)2)23-20-17(9-3-4-11-21-20)18(22-23)13-16-8-6-12-24-16/h5-8,10,12,21H,3-4,9,11,13H2,1-2H3. The third-order valence-corrected chi connectivity index (χ3v) is 5.82. The van der Waals surface area contributed by atoms with Gasteiger partial charge in [0.2, 0.25) is 0 Å². The van der Waals surface area contributed by atoms with Gasteiger partial charge in [0.25, 0.3) is 0 Å². The van der Waals surface area contributed by atoms with E-state index in [1.165, 1.54) is 51.6 Å². The molecule has 1 aliphatic heterocycles. The van der Waals surface area contributed by atoms with Crippen LogP contribution >= 0.6 is 11.3 Å². The molecule has 4 heteroatoms. The first kappa shape index (κ1) is 15.5. The van der Waals surface area contributed by atoms with E-state index >= 15 is 0 Å². The molecule has 0 radical (unpaired) electrons. The van der Waals surface area contributed by atoms with Crippen LogP contribution in [0.4, 0.5) is 5.82 Å². The molecule has 0 fully saturated rings. The van der Waals surface area contributed by atoms with E-state index in [1.54, 1.807) is 0 Å². The van der Waals surface area contributed by atoms with E-state index < -0.39 is 0 Å². The van der Waals surface area contributed by atoms with Crippen molar-refractivity contribution < 1.29 is 0 Å². The second-order valence-electron chi connectivity index (χ2n) is 6.54. The lowest BCUT2D eigenvalue weighted by Crippen LogP contribution is -2.08. The Morgan fingerprint density at radius 1 is 1.17 bits per heavy atom. The molecule has 0 spiro atoms. The Labute approximate surface area is 147 Å². The molecule has 0 saturated heterocycles. The Balaban J connectivity index is 1.84. The van der Waals surface area contributed by atoms with Crippen molar-refractivity contribution in [3.63, 3.8) is 0 Å². The van der Waals surface area contributed by atoms with Crippen LogP contribution in [-0.4, -0.2) is 16.3 Å². The number of aromatic nitrogens is 2. The van der Waals surface area contributed by atoms with Gasteiger partial charge in [-0.25, -0.2) is 4.68 Å². The Kier molecular flexibility index (Phi) is 4.15. The topological polar surface area (TPSA) is 29.9 Å². The van der Waals surface area contributed by atoms with Crippen LogP contribution < -0.4 is 5.32 Å². The van der Waals surface area contributed by atoms with Crippen LogP contribution in [0, 0.1) is 13.8 Å². The second kappa shape index (κ2) is 6.44. The summed E-state index contributed by atoms with van der Waals surface area (Å²) in [6.07, 6.45) is 4.50. The van der Waals surface area contributed by atoms with Crippen LogP contribution in [0.15, 0.2) is 35.7 Å². The third kappa shape index (κ3) is 2.75. The summed E-state index contributed by atoms with van der Waals surface area (Å²) >= 11 is 1.81. The van der Waals surface area contributed by atoms with E-state index in [1.807, 2.05) is 11.3 Å². The van der Waals surface area contributed by atoms with Gasteiger partial charge in [0, 0.05) is 23.4 Å². The number of aryl methyl sites for hydroxylation is 1. The van der Waals surface area contributed by atoms with Crippen molar-refractivity contribution in [3.05, 3.63) is 63.0 Å². The minimum Gasteiger partial charge on any atom is -0.370 e. The van der Waals surface area contributed by atoms with Crippen molar-refractivity contribution in [1.82, 2.24) is 9.78 Å². The molecule has 3 heterocycles. The number of nitrogens with one attached hydrogen (secondary N) is 1. The fourth-order valence-corrected chi connectivity index (χ4v) is 4.14. The summed E-state index contributed by atoms with van der Waals surface area (Å²) in [4.78, 5) is 1.38. The van der Waals surface area contributed by atoms with Crippen LogP contribution in [0.2, 0.25) is 0 Å². The van der Waals surface area contributed by atoms with Crippen LogP contribution in [0.1, 0.15) is 40.1 Å². The molecule has 1 aromatic carbocycles. The quantitative estimate of drug-likeness (QED) is 0.737. The zero-order valence-electron chi connectivity index (χ0n) is 14.3. The zero-order chi connectivity index (χ0) is 16.5. The number of rotatable bonds is 3. The first-order valence-electron chi connectivity index (χ1n) is 8.67. The normalized spacial score (nSPS) is 14.1. The molecule has 124 valence electrons. The molecule has 0 unspecified atom stereocenters. The maximum Gasteiger partial charge on any atom is 0.133 e. The molecular formula is C20H23N3S. The Hall–Kier alpha value is -2.07. The number of hydrogen-bond acceptors (Lipinski definition) is 3. The smallest absolute Gasteiger partial charge is 0.133 e. The average Bonchev–Trinajstić information content (AvgIpc) is 3.12. The first-order valence-corrected chi connectivity index (χ1v) is 9.55. The number of benzene rings is 1. The predicted molar refractivity (Wildman–Crippen MR) is 102 cm³/mol. The summed E-state index contributed by atoms with van der Waals surface area (Å²) in [7, 11) is 0.